The lowest BCUT2D eigenvalue weighted by molar-refractivity contribution is 0.0925. The molecule has 0 aromatic heterocycles. The number of hydrogen-bond acceptors (Lipinski definition) is 1. The molecule has 0 radical (unpaired) electrons. The highest BCUT2D eigenvalue weighted by molar-refractivity contribution is 5.24. The van der Waals surface area contributed by atoms with Crippen molar-refractivity contribution in [2.24, 2.45) is 5.92 Å². The van der Waals surface area contributed by atoms with Crippen LogP contribution in [0.15, 0.2) is 24.3 Å². The number of fused-ring (bicyclic) bond motifs is 1. The lowest BCUT2D eigenvalue weighted by Gasteiger charge is -2.46. The maximum atomic E-state index is 2.47. The fraction of sp³-hybridized carbons (Fsp3) is 0.636. The normalized spacial score (nSPS) is 41.3. The van der Waals surface area contributed by atoms with Gasteiger partial charge in [-0.2, -0.15) is 0 Å². The van der Waals surface area contributed by atoms with E-state index in [0.29, 0.717) is 5.54 Å². The monoisotopic (exact) mass is 163 g/mol. The van der Waals surface area contributed by atoms with E-state index in [1.165, 1.54) is 19.4 Å². The molecule has 2 aliphatic rings. The second-order valence-electron chi connectivity index (χ2n) is 4.14. The molecule has 1 heteroatoms. The second kappa shape index (κ2) is 2.74. The van der Waals surface area contributed by atoms with Gasteiger partial charge in [-0.05, 0) is 39.3 Å². The Kier molecular flexibility index (Phi) is 1.84. The Morgan fingerprint density at radius 2 is 2.25 bits per heavy atom. The van der Waals surface area contributed by atoms with E-state index in [1.54, 1.807) is 0 Å². The topological polar surface area (TPSA) is 3.24 Å². The van der Waals surface area contributed by atoms with E-state index in [1.807, 2.05) is 0 Å². The summed E-state index contributed by atoms with van der Waals surface area (Å²) in [5.41, 5.74) is 0.299. The third kappa shape index (κ3) is 1.04. The Hall–Kier alpha value is -0.560. The van der Waals surface area contributed by atoms with Crippen molar-refractivity contribution in [3.63, 3.8) is 0 Å². The van der Waals surface area contributed by atoms with E-state index in [2.05, 4.69) is 43.2 Å². The van der Waals surface area contributed by atoms with Gasteiger partial charge in [0.15, 0.2) is 0 Å². The average molecular weight is 163 g/mol. The van der Waals surface area contributed by atoms with Gasteiger partial charge >= 0.3 is 0 Å². The molecule has 1 aliphatic carbocycles. The van der Waals surface area contributed by atoms with Crippen LogP contribution in [0.2, 0.25) is 0 Å². The first-order valence-corrected chi connectivity index (χ1v) is 4.81. The smallest absolute Gasteiger partial charge is 0.0425 e. The molecule has 2 atom stereocenters. The Morgan fingerprint density at radius 1 is 1.42 bits per heavy atom. The highest BCUT2D eigenvalue weighted by Crippen LogP contribution is 2.36. The van der Waals surface area contributed by atoms with E-state index in [-0.39, 0.29) is 0 Å². The molecule has 0 aromatic rings. The first kappa shape index (κ1) is 8.06. The zero-order valence-electron chi connectivity index (χ0n) is 7.96. The predicted octanol–water partition coefficient (Wildman–Crippen LogP) is 2.21. The predicted molar refractivity (Wildman–Crippen MR) is 52.0 cm³/mol. The molecule has 2 rings (SSSR count). The van der Waals surface area contributed by atoms with Gasteiger partial charge in [-0.1, -0.05) is 24.3 Å². The average Bonchev–Trinajstić information content (AvgIpc) is 2.07. The summed E-state index contributed by atoms with van der Waals surface area (Å²) in [6.45, 7) is 3.59. The first-order chi connectivity index (χ1) is 5.73. The van der Waals surface area contributed by atoms with Crippen LogP contribution in [0.1, 0.15) is 19.8 Å². The number of nitrogens with zero attached hydrogens (tertiary/aromatic N) is 1. The van der Waals surface area contributed by atoms with Crippen LogP contribution in [0, 0.1) is 5.92 Å². The van der Waals surface area contributed by atoms with Gasteiger partial charge in [-0.3, -0.25) is 4.90 Å². The quantitative estimate of drug-likeness (QED) is 0.529. The summed E-state index contributed by atoms with van der Waals surface area (Å²) in [5, 5.41) is 0. The first-order valence-electron chi connectivity index (χ1n) is 4.81. The Labute approximate surface area is 74.8 Å². The van der Waals surface area contributed by atoms with Gasteiger partial charge in [-0.15, -0.1) is 0 Å². The summed E-state index contributed by atoms with van der Waals surface area (Å²) < 4.78 is 0. The van der Waals surface area contributed by atoms with Gasteiger partial charge in [0, 0.05) is 5.54 Å². The van der Waals surface area contributed by atoms with Crippen molar-refractivity contribution in [2.45, 2.75) is 25.3 Å². The number of likely N-dealkylation sites (tertiary alicyclic amines) is 1. The van der Waals surface area contributed by atoms with E-state index in [0.717, 1.165) is 5.92 Å². The summed E-state index contributed by atoms with van der Waals surface area (Å²) in [6.07, 6.45) is 11.8. The van der Waals surface area contributed by atoms with Crippen LogP contribution >= 0.6 is 0 Å². The van der Waals surface area contributed by atoms with E-state index >= 15 is 0 Å². The summed E-state index contributed by atoms with van der Waals surface area (Å²) in [4.78, 5) is 2.47. The maximum absolute atomic E-state index is 2.47. The van der Waals surface area contributed by atoms with Crippen LogP contribution in [0.25, 0.3) is 0 Å². The summed E-state index contributed by atoms with van der Waals surface area (Å²) in [6, 6.07) is 0. The highest BCUT2D eigenvalue weighted by atomic mass is 15.2. The van der Waals surface area contributed by atoms with Crippen molar-refractivity contribution < 1.29 is 0 Å². The summed E-state index contributed by atoms with van der Waals surface area (Å²) in [5.74, 6) is 0.737. The Morgan fingerprint density at radius 3 is 3.00 bits per heavy atom. The molecule has 1 aliphatic heterocycles. The van der Waals surface area contributed by atoms with Crippen molar-refractivity contribution in [2.75, 3.05) is 13.6 Å². The Balaban J connectivity index is 2.28. The minimum Gasteiger partial charge on any atom is -0.297 e. The molecule has 2 unspecified atom stereocenters. The molecule has 0 amide bonds. The van der Waals surface area contributed by atoms with Gasteiger partial charge in [0.05, 0.1) is 0 Å². The molecule has 0 bridgehead atoms. The zero-order valence-corrected chi connectivity index (χ0v) is 7.96. The van der Waals surface area contributed by atoms with Crippen LogP contribution in [0.4, 0.5) is 0 Å². The van der Waals surface area contributed by atoms with Crippen LogP contribution in [0.3, 0.4) is 0 Å². The minimum atomic E-state index is 0.299. The molecule has 0 N–H and O–H groups in total. The maximum Gasteiger partial charge on any atom is 0.0425 e. The lowest BCUT2D eigenvalue weighted by Crippen LogP contribution is -2.51. The summed E-state index contributed by atoms with van der Waals surface area (Å²) in [7, 11) is 2.23. The number of rotatable bonds is 0. The van der Waals surface area contributed by atoms with Gasteiger partial charge in [-0.25, -0.2) is 0 Å². The van der Waals surface area contributed by atoms with Crippen LogP contribution in [-0.4, -0.2) is 24.0 Å². The molecule has 0 spiro atoms. The van der Waals surface area contributed by atoms with Crippen molar-refractivity contribution in [3.05, 3.63) is 24.3 Å². The number of likely N-dealkylation sites (N-methyl/N-ethyl adjacent to an activating group) is 1. The van der Waals surface area contributed by atoms with Crippen LogP contribution < -0.4 is 0 Å². The van der Waals surface area contributed by atoms with E-state index in [4.69, 9.17) is 0 Å². The van der Waals surface area contributed by atoms with Gasteiger partial charge < -0.3 is 0 Å². The second-order valence-corrected chi connectivity index (χ2v) is 4.14. The molecule has 12 heavy (non-hydrogen) atoms. The summed E-state index contributed by atoms with van der Waals surface area (Å²) >= 11 is 0. The Bertz CT molecular complexity index is 229. The SMILES string of the molecule is CN1CCCC2C=CC=CC21C. The van der Waals surface area contributed by atoms with Crippen molar-refractivity contribution in [1.82, 2.24) is 4.90 Å². The highest BCUT2D eigenvalue weighted by Gasteiger charge is 2.37. The zero-order chi connectivity index (χ0) is 8.60. The van der Waals surface area contributed by atoms with Gasteiger partial charge in [0.1, 0.15) is 0 Å². The molecule has 1 saturated heterocycles. The fourth-order valence-corrected chi connectivity index (χ4v) is 2.36. The van der Waals surface area contributed by atoms with Gasteiger partial charge in [0.2, 0.25) is 0 Å². The molecule has 0 saturated carbocycles. The molecule has 0 aromatic carbocycles. The molecular weight excluding hydrogens is 146 g/mol. The molecule has 1 nitrogen and oxygen atoms in total. The number of allylic oxidation sites excluding steroid dienone is 2. The third-order valence-corrected chi connectivity index (χ3v) is 3.47. The third-order valence-electron chi connectivity index (χ3n) is 3.47. The van der Waals surface area contributed by atoms with Crippen LogP contribution in [0.5, 0.6) is 0 Å². The van der Waals surface area contributed by atoms with E-state index in [9.17, 15) is 0 Å². The van der Waals surface area contributed by atoms with Crippen molar-refractivity contribution in [3.8, 4) is 0 Å². The van der Waals surface area contributed by atoms with Crippen molar-refractivity contribution >= 4 is 0 Å². The molecular formula is C11H17N. The van der Waals surface area contributed by atoms with Crippen LogP contribution in [-0.2, 0) is 0 Å². The minimum absolute atomic E-state index is 0.299. The molecule has 1 heterocycles. The number of hydrogen-bond donors (Lipinski definition) is 0. The molecule has 66 valence electrons. The largest absolute Gasteiger partial charge is 0.297 e. The fourth-order valence-electron chi connectivity index (χ4n) is 2.36. The number of piperidine rings is 1. The van der Waals surface area contributed by atoms with Gasteiger partial charge in [0.25, 0.3) is 0 Å². The van der Waals surface area contributed by atoms with E-state index < -0.39 is 0 Å². The van der Waals surface area contributed by atoms with Crippen molar-refractivity contribution in [1.29, 1.82) is 0 Å². The lowest BCUT2D eigenvalue weighted by atomic mass is 9.75. The standard InChI is InChI=1S/C11H17N/c1-11-8-4-3-6-10(11)7-5-9-12(11)2/h3-4,6,8,10H,5,7,9H2,1-2H3. The molecule has 1 fully saturated rings.